The summed E-state index contributed by atoms with van der Waals surface area (Å²) in [5.41, 5.74) is 5.48. The first-order chi connectivity index (χ1) is 8.60. The molecule has 5 nitrogen and oxygen atoms in total. The van der Waals surface area contributed by atoms with Gasteiger partial charge >= 0.3 is 0 Å². The van der Waals surface area contributed by atoms with E-state index in [0.717, 1.165) is 19.3 Å². The summed E-state index contributed by atoms with van der Waals surface area (Å²) >= 11 is 0. The van der Waals surface area contributed by atoms with Crippen LogP contribution in [0.15, 0.2) is 23.1 Å². The zero-order valence-electron chi connectivity index (χ0n) is 11.0. The Kier molecular flexibility index (Phi) is 5.58. The zero-order valence-corrected chi connectivity index (χ0v) is 11.0. The van der Waals surface area contributed by atoms with E-state index in [-0.39, 0.29) is 23.1 Å². The number of nitrogens with two attached hydrogens (primary N) is 1. The molecular weight excluding hydrogens is 230 g/mol. The smallest absolute Gasteiger partial charge is 0.263 e. The maximum absolute atomic E-state index is 12.0. The molecular formula is C13H21N3O2. The van der Waals surface area contributed by atoms with Gasteiger partial charge in [-0.1, -0.05) is 19.8 Å². The van der Waals surface area contributed by atoms with E-state index in [1.807, 2.05) is 0 Å². The van der Waals surface area contributed by atoms with E-state index in [0.29, 0.717) is 6.54 Å². The Morgan fingerprint density at radius 2 is 2.28 bits per heavy atom. The minimum Gasteiger partial charge on any atom is -0.348 e. The van der Waals surface area contributed by atoms with Crippen molar-refractivity contribution in [2.45, 2.75) is 32.2 Å². The van der Waals surface area contributed by atoms with Gasteiger partial charge in [0.25, 0.3) is 11.5 Å². The molecule has 1 atom stereocenters. The van der Waals surface area contributed by atoms with Crippen molar-refractivity contribution in [3.63, 3.8) is 0 Å². The van der Waals surface area contributed by atoms with Crippen LogP contribution in [0.4, 0.5) is 0 Å². The monoisotopic (exact) mass is 251 g/mol. The van der Waals surface area contributed by atoms with Crippen LogP contribution in [0.5, 0.6) is 0 Å². The van der Waals surface area contributed by atoms with E-state index in [4.69, 9.17) is 5.73 Å². The summed E-state index contributed by atoms with van der Waals surface area (Å²) in [5, 5.41) is 2.81. The van der Waals surface area contributed by atoms with Crippen molar-refractivity contribution in [3.05, 3.63) is 34.2 Å². The van der Waals surface area contributed by atoms with Crippen molar-refractivity contribution in [1.29, 1.82) is 0 Å². The Hall–Kier alpha value is -1.62. The van der Waals surface area contributed by atoms with Gasteiger partial charge in [0.1, 0.15) is 5.56 Å². The number of nitrogens with one attached hydrogen (secondary N) is 1. The lowest BCUT2D eigenvalue weighted by Gasteiger charge is -2.16. The summed E-state index contributed by atoms with van der Waals surface area (Å²) in [7, 11) is 1.62. The highest BCUT2D eigenvalue weighted by atomic mass is 16.2. The zero-order chi connectivity index (χ0) is 13.5. The standard InChI is InChI=1S/C13H21N3O2/c1-3-4-6-10(9-14)15-12(17)11-7-5-8-16(2)13(11)18/h5,7-8,10H,3-4,6,9,14H2,1-2H3,(H,15,17). The predicted molar refractivity (Wildman–Crippen MR) is 71.5 cm³/mol. The van der Waals surface area contributed by atoms with Gasteiger partial charge in [-0.3, -0.25) is 9.59 Å². The molecule has 18 heavy (non-hydrogen) atoms. The number of rotatable bonds is 6. The molecule has 0 saturated heterocycles. The minimum atomic E-state index is -0.345. The van der Waals surface area contributed by atoms with Crippen molar-refractivity contribution in [2.24, 2.45) is 12.8 Å². The van der Waals surface area contributed by atoms with E-state index in [9.17, 15) is 9.59 Å². The fourth-order valence-electron chi connectivity index (χ4n) is 1.73. The van der Waals surface area contributed by atoms with Gasteiger partial charge in [0.15, 0.2) is 0 Å². The van der Waals surface area contributed by atoms with Crippen LogP contribution < -0.4 is 16.6 Å². The van der Waals surface area contributed by atoms with Gasteiger partial charge in [-0.05, 0) is 18.6 Å². The summed E-state index contributed by atoms with van der Waals surface area (Å²) in [4.78, 5) is 23.7. The Morgan fingerprint density at radius 3 is 2.89 bits per heavy atom. The third kappa shape index (κ3) is 3.70. The van der Waals surface area contributed by atoms with E-state index in [2.05, 4.69) is 12.2 Å². The molecule has 1 amide bonds. The van der Waals surface area contributed by atoms with Crippen LogP contribution in [0.25, 0.3) is 0 Å². The van der Waals surface area contributed by atoms with Gasteiger partial charge in [-0.15, -0.1) is 0 Å². The molecule has 0 aromatic carbocycles. The topological polar surface area (TPSA) is 77.1 Å². The molecule has 3 N–H and O–H groups in total. The van der Waals surface area contributed by atoms with Crippen LogP contribution >= 0.6 is 0 Å². The molecule has 1 rings (SSSR count). The number of hydrogen-bond acceptors (Lipinski definition) is 3. The summed E-state index contributed by atoms with van der Waals surface area (Å²) in [6, 6.07) is 3.15. The van der Waals surface area contributed by atoms with Crippen LogP contribution in [0, 0.1) is 0 Å². The number of unbranched alkanes of at least 4 members (excludes halogenated alkanes) is 1. The summed E-state index contributed by atoms with van der Waals surface area (Å²) in [5.74, 6) is -0.345. The fourth-order valence-corrected chi connectivity index (χ4v) is 1.73. The largest absolute Gasteiger partial charge is 0.348 e. The second-order valence-electron chi connectivity index (χ2n) is 4.39. The van der Waals surface area contributed by atoms with Crippen molar-refractivity contribution < 1.29 is 4.79 Å². The van der Waals surface area contributed by atoms with Gasteiger partial charge in [0, 0.05) is 25.8 Å². The average Bonchev–Trinajstić information content (AvgIpc) is 2.37. The number of amides is 1. The summed E-state index contributed by atoms with van der Waals surface area (Å²) in [6.07, 6.45) is 4.52. The quantitative estimate of drug-likeness (QED) is 0.778. The number of nitrogens with zero attached hydrogens (tertiary/aromatic N) is 1. The van der Waals surface area contributed by atoms with Gasteiger partial charge < -0.3 is 15.6 Å². The molecule has 1 unspecified atom stereocenters. The van der Waals surface area contributed by atoms with Gasteiger partial charge in [-0.25, -0.2) is 0 Å². The van der Waals surface area contributed by atoms with Crippen LogP contribution in [0.1, 0.15) is 36.5 Å². The SMILES string of the molecule is CCCCC(CN)NC(=O)c1cccn(C)c1=O. The third-order valence-corrected chi connectivity index (χ3v) is 2.89. The Morgan fingerprint density at radius 1 is 1.56 bits per heavy atom. The highest BCUT2D eigenvalue weighted by Crippen LogP contribution is 2.00. The molecule has 0 aliphatic carbocycles. The lowest BCUT2D eigenvalue weighted by molar-refractivity contribution is 0.0933. The molecule has 5 heteroatoms. The molecule has 0 radical (unpaired) electrons. The van der Waals surface area contributed by atoms with Crippen LogP contribution in [0.2, 0.25) is 0 Å². The number of hydrogen-bond donors (Lipinski definition) is 2. The second kappa shape index (κ2) is 6.96. The first-order valence-electron chi connectivity index (χ1n) is 6.26. The van der Waals surface area contributed by atoms with Crippen molar-refractivity contribution in [3.8, 4) is 0 Å². The number of aryl methyl sites for hydroxylation is 1. The van der Waals surface area contributed by atoms with Crippen LogP contribution in [0.3, 0.4) is 0 Å². The molecule has 1 aromatic heterocycles. The normalized spacial score (nSPS) is 12.2. The second-order valence-corrected chi connectivity index (χ2v) is 4.39. The van der Waals surface area contributed by atoms with E-state index < -0.39 is 0 Å². The van der Waals surface area contributed by atoms with Crippen molar-refractivity contribution in [1.82, 2.24) is 9.88 Å². The van der Waals surface area contributed by atoms with E-state index >= 15 is 0 Å². The number of carbonyl (C=O) groups is 1. The third-order valence-electron chi connectivity index (χ3n) is 2.89. The highest BCUT2D eigenvalue weighted by Gasteiger charge is 2.15. The van der Waals surface area contributed by atoms with Crippen molar-refractivity contribution in [2.75, 3.05) is 6.54 Å². The lowest BCUT2D eigenvalue weighted by atomic mass is 10.1. The lowest BCUT2D eigenvalue weighted by Crippen LogP contribution is -2.42. The molecule has 100 valence electrons. The summed E-state index contributed by atoms with van der Waals surface area (Å²) in [6.45, 7) is 2.47. The van der Waals surface area contributed by atoms with Crippen LogP contribution in [-0.2, 0) is 7.05 Å². The van der Waals surface area contributed by atoms with E-state index in [1.165, 1.54) is 10.6 Å². The Balaban J connectivity index is 2.75. The Bertz CT molecular complexity index is 454. The first kappa shape index (κ1) is 14.4. The molecule has 0 aliphatic rings. The average molecular weight is 251 g/mol. The first-order valence-corrected chi connectivity index (χ1v) is 6.26. The van der Waals surface area contributed by atoms with Gasteiger partial charge in [0.2, 0.25) is 0 Å². The maximum Gasteiger partial charge on any atom is 0.263 e. The minimum absolute atomic E-state index is 0.0673. The number of pyridine rings is 1. The molecule has 1 aromatic rings. The Labute approximate surface area is 107 Å². The maximum atomic E-state index is 12.0. The molecule has 0 aliphatic heterocycles. The fraction of sp³-hybridized carbons (Fsp3) is 0.538. The molecule has 0 bridgehead atoms. The molecule has 0 spiro atoms. The molecule has 0 fully saturated rings. The summed E-state index contributed by atoms with van der Waals surface area (Å²) < 4.78 is 1.39. The van der Waals surface area contributed by atoms with Crippen LogP contribution in [-0.4, -0.2) is 23.1 Å². The van der Waals surface area contributed by atoms with Gasteiger partial charge in [-0.2, -0.15) is 0 Å². The highest BCUT2D eigenvalue weighted by molar-refractivity contribution is 5.93. The molecule has 0 saturated carbocycles. The molecule has 1 heterocycles. The number of aromatic nitrogens is 1. The van der Waals surface area contributed by atoms with Crippen molar-refractivity contribution >= 4 is 5.91 Å². The predicted octanol–water partition coefficient (Wildman–Crippen LogP) is 0.633. The van der Waals surface area contributed by atoms with E-state index in [1.54, 1.807) is 19.3 Å². The van der Waals surface area contributed by atoms with Gasteiger partial charge in [0.05, 0.1) is 0 Å². The number of carbonyl (C=O) groups excluding carboxylic acids is 1.